The molecule has 1 unspecified atom stereocenters. The van der Waals surface area contributed by atoms with E-state index in [4.69, 9.17) is 14.3 Å². The number of carbonyl (C=O) groups is 1. The van der Waals surface area contributed by atoms with Crippen molar-refractivity contribution >= 4 is 11.9 Å². The van der Waals surface area contributed by atoms with Gasteiger partial charge in [-0.1, -0.05) is 35.5 Å². The molecule has 30 heavy (non-hydrogen) atoms. The van der Waals surface area contributed by atoms with Crippen LogP contribution in [-0.4, -0.2) is 72.3 Å². The highest BCUT2D eigenvalue weighted by Crippen LogP contribution is 2.20. The van der Waals surface area contributed by atoms with Crippen LogP contribution in [0.5, 0.6) is 0 Å². The number of amides is 1. The second kappa shape index (κ2) is 9.75. The van der Waals surface area contributed by atoms with E-state index >= 15 is 0 Å². The van der Waals surface area contributed by atoms with E-state index in [0.717, 1.165) is 55.5 Å². The first kappa shape index (κ1) is 20.4. The first-order valence-corrected chi connectivity index (χ1v) is 10.7. The maximum Gasteiger partial charge on any atom is 0.251 e. The number of ether oxygens (including phenoxy) is 1. The number of aromatic nitrogens is 1. The number of nitrogens with one attached hydrogen (secondary N) is 1. The first-order chi connectivity index (χ1) is 14.7. The smallest absolute Gasteiger partial charge is 0.251 e. The molecule has 0 saturated carbocycles. The molecule has 0 spiro atoms. The summed E-state index contributed by atoms with van der Waals surface area (Å²) in [7, 11) is 0. The molecule has 1 aromatic carbocycles. The van der Waals surface area contributed by atoms with Crippen molar-refractivity contribution in [3.63, 3.8) is 0 Å². The van der Waals surface area contributed by atoms with Crippen molar-refractivity contribution in [1.82, 2.24) is 20.3 Å². The first-order valence-electron chi connectivity index (χ1n) is 10.7. The summed E-state index contributed by atoms with van der Waals surface area (Å²) < 4.78 is 11.0. The summed E-state index contributed by atoms with van der Waals surface area (Å²) in [5, 5.41) is 7.50. The number of piperazine rings is 1. The zero-order valence-electron chi connectivity index (χ0n) is 17.4. The summed E-state index contributed by atoms with van der Waals surface area (Å²) in [4.78, 5) is 21.4. The Hall–Kier alpha value is -2.87. The summed E-state index contributed by atoms with van der Waals surface area (Å²) in [5.74, 6) is 1.71. The Morgan fingerprint density at radius 1 is 1.20 bits per heavy atom. The van der Waals surface area contributed by atoms with Crippen LogP contribution in [0.2, 0.25) is 0 Å². The minimum absolute atomic E-state index is 0.130. The van der Waals surface area contributed by atoms with E-state index in [-0.39, 0.29) is 12.0 Å². The molecule has 1 atom stereocenters. The van der Waals surface area contributed by atoms with Gasteiger partial charge in [0.05, 0.1) is 6.54 Å². The lowest BCUT2D eigenvalue weighted by Gasteiger charge is -2.37. The maximum absolute atomic E-state index is 12.6. The van der Waals surface area contributed by atoms with E-state index in [9.17, 15) is 4.79 Å². The van der Waals surface area contributed by atoms with Gasteiger partial charge < -0.3 is 24.4 Å². The lowest BCUT2D eigenvalue weighted by Crippen LogP contribution is -2.55. The van der Waals surface area contributed by atoms with Gasteiger partial charge in [-0.25, -0.2) is 4.99 Å². The molecule has 0 radical (unpaired) electrons. The van der Waals surface area contributed by atoms with E-state index < -0.39 is 0 Å². The van der Waals surface area contributed by atoms with Gasteiger partial charge in [-0.3, -0.25) is 4.79 Å². The highest BCUT2D eigenvalue weighted by atomic mass is 16.5. The highest BCUT2D eigenvalue weighted by Gasteiger charge is 2.30. The molecule has 2 aromatic rings. The standard InChI is InChI=1S/C22H29N5O3/c1-2-23-22(24-16-18-15-20(30-25-18)17-7-4-3-5-8-17)27-12-10-26(11-13-27)21(28)19-9-6-14-29-19/h3-5,7-8,15,19H,2,6,9-14,16H2,1H3,(H,23,24). The molecule has 0 aliphatic carbocycles. The van der Waals surface area contributed by atoms with E-state index in [0.29, 0.717) is 26.2 Å². The molecular formula is C22H29N5O3. The van der Waals surface area contributed by atoms with Gasteiger partial charge in [-0.15, -0.1) is 0 Å². The summed E-state index contributed by atoms with van der Waals surface area (Å²) in [5.41, 5.74) is 1.79. The largest absolute Gasteiger partial charge is 0.368 e. The molecule has 3 heterocycles. The van der Waals surface area contributed by atoms with Crippen molar-refractivity contribution in [2.24, 2.45) is 4.99 Å². The van der Waals surface area contributed by atoms with Crippen LogP contribution in [-0.2, 0) is 16.1 Å². The molecule has 0 bridgehead atoms. The van der Waals surface area contributed by atoms with Crippen LogP contribution in [0.3, 0.4) is 0 Å². The highest BCUT2D eigenvalue weighted by molar-refractivity contribution is 5.82. The second-order valence-electron chi connectivity index (χ2n) is 7.53. The Balaban J connectivity index is 1.35. The van der Waals surface area contributed by atoms with Crippen LogP contribution in [0.15, 0.2) is 45.9 Å². The molecule has 160 valence electrons. The molecule has 2 saturated heterocycles. The van der Waals surface area contributed by atoms with E-state index in [1.54, 1.807) is 0 Å². The Kier molecular flexibility index (Phi) is 6.63. The van der Waals surface area contributed by atoms with Crippen LogP contribution in [0.1, 0.15) is 25.5 Å². The van der Waals surface area contributed by atoms with E-state index in [1.165, 1.54) is 0 Å². The predicted molar refractivity (Wildman–Crippen MR) is 114 cm³/mol. The van der Waals surface area contributed by atoms with Crippen molar-refractivity contribution in [2.45, 2.75) is 32.4 Å². The van der Waals surface area contributed by atoms with Gasteiger partial charge >= 0.3 is 0 Å². The zero-order chi connectivity index (χ0) is 20.8. The molecule has 4 rings (SSSR count). The average molecular weight is 412 g/mol. The Labute approximate surface area is 176 Å². The van der Waals surface area contributed by atoms with Gasteiger partial charge in [0.25, 0.3) is 5.91 Å². The average Bonchev–Trinajstić information content (AvgIpc) is 3.49. The Bertz CT molecular complexity index is 853. The number of hydrogen-bond acceptors (Lipinski definition) is 5. The summed E-state index contributed by atoms with van der Waals surface area (Å²) in [6.07, 6.45) is 1.57. The number of nitrogens with zero attached hydrogens (tertiary/aromatic N) is 4. The fourth-order valence-corrected chi connectivity index (χ4v) is 3.82. The lowest BCUT2D eigenvalue weighted by molar-refractivity contribution is -0.142. The SMILES string of the molecule is CCNC(=NCc1cc(-c2ccccc2)on1)N1CCN(C(=O)C2CCCO2)CC1. The minimum Gasteiger partial charge on any atom is -0.368 e. The minimum atomic E-state index is -0.246. The molecular weight excluding hydrogens is 382 g/mol. The van der Waals surface area contributed by atoms with Crippen molar-refractivity contribution in [1.29, 1.82) is 0 Å². The number of carbonyl (C=O) groups excluding carboxylic acids is 1. The van der Waals surface area contributed by atoms with Crippen LogP contribution in [0, 0.1) is 0 Å². The molecule has 2 fully saturated rings. The van der Waals surface area contributed by atoms with Crippen molar-refractivity contribution in [3.8, 4) is 11.3 Å². The third-order valence-electron chi connectivity index (χ3n) is 5.44. The van der Waals surface area contributed by atoms with Gasteiger partial charge in [0, 0.05) is 51.0 Å². The van der Waals surface area contributed by atoms with E-state index in [1.807, 2.05) is 41.3 Å². The quantitative estimate of drug-likeness (QED) is 0.600. The van der Waals surface area contributed by atoms with Crippen LogP contribution < -0.4 is 5.32 Å². The van der Waals surface area contributed by atoms with Gasteiger partial charge in [-0.05, 0) is 19.8 Å². The molecule has 1 N–H and O–H groups in total. The lowest BCUT2D eigenvalue weighted by atomic mass is 10.2. The van der Waals surface area contributed by atoms with Crippen LogP contribution in [0.25, 0.3) is 11.3 Å². The number of guanidine groups is 1. The molecule has 2 aliphatic rings. The third kappa shape index (κ3) is 4.81. The Morgan fingerprint density at radius 2 is 1.97 bits per heavy atom. The molecule has 8 heteroatoms. The van der Waals surface area contributed by atoms with Crippen molar-refractivity contribution in [3.05, 3.63) is 42.1 Å². The number of benzene rings is 1. The molecule has 1 aromatic heterocycles. The second-order valence-corrected chi connectivity index (χ2v) is 7.53. The van der Waals surface area contributed by atoms with E-state index in [2.05, 4.69) is 22.3 Å². The zero-order valence-corrected chi connectivity index (χ0v) is 17.4. The third-order valence-corrected chi connectivity index (χ3v) is 5.44. The van der Waals surface area contributed by atoms with Gasteiger partial charge in [0.15, 0.2) is 11.7 Å². The molecule has 2 aliphatic heterocycles. The summed E-state index contributed by atoms with van der Waals surface area (Å²) in [6, 6.07) is 11.8. The number of aliphatic imine (C=N–C) groups is 1. The van der Waals surface area contributed by atoms with Gasteiger partial charge in [-0.2, -0.15) is 0 Å². The van der Waals surface area contributed by atoms with Gasteiger partial charge in [0.2, 0.25) is 0 Å². The van der Waals surface area contributed by atoms with Crippen LogP contribution in [0.4, 0.5) is 0 Å². The fraction of sp³-hybridized carbons (Fsp3) is 0.500. The predicted octanol–water partition coefficient (Wildman–Crippen LogP) is 2.13. The monoisotopic (exact) mass is 411 g/mol. The number of hydrogen-bond donors (Lipinski definition) is 1. The van der Waals surface area contributed by atoms with Gasteiger partial charge in [0.1, 0.15) is 11.8 Å². The molecule has 1 amide bonds. The maximum atomic E-state index is 12.6. The molecule has 8 nitrogen and oxygen atoms in total. The number of rotatable bonds is 5. The summed E-state index contributed by atoms with van der Waals surface area (Å²) >= 11 is 0. The summed E-state index contributed by atoms with van der Waals surface area (Å²) in [6.45, 7) is 6.83. The van der Waals surface area contributed by atoms with Crippen molar-refractivity contribution < 1.29 is 14.1 Å². The Morgan fingerprint density at radius 3 is 2.67 bits per heavy atom. The normalized spacial score (nSPS) is 19.9. The topological polar surface area (TPSA) is 83.2 Å². The fourth-order valence-electron chi connectivity index (χ4n) is 3.82. The van der Waals surface area contributed by atoms with Crippen LogP contribution >= 0.6 is 0 Å². The van der Waals surface area contributed by atoms with Crippen molar-refractivity contribution in [2.75, 3.05) is 39.3 Å².